The van der Waals surface area contributed by atoms with Crippen LogP contribution in [-0.4, -0.2) is 51.6 Å². The lowest BCUT2D eigenvalue weighted by Crippen LogP contribution is -2.32. The highest BCUT2D eigenvalue weighted by Gasteiger charge is 2.25. The van der Waals surface area contributed by atoms with Crippen LogP contribution in [0.5, 0.6) is 0 Å². The van der Waals surface area contributed by atoms with Gasteiger partial charge in [0.05, 0.1) is 36.4 Å². The summed E-state index contributed by atoms with van der Waals surface area (Å²) < 4.78 is 13.8. The van der Waals surface area contributed by atoms with Crippen LogP contribution in [0.3, 0.4) is 0 Å². The number of hydrogen-bond acceptors (Lipinski definition) is 7. The fourth-order valence-corrected chi connectivity index (χ4v) is 4.56. The minimum Gasteiger partial charge on any atom is -0.394 e. The Kier molecular flexibility index (Phi) is 8.21. The monoisotopic (exact) mass is 491 g/mol. The first-order valence-corrected chi connectivity index (χ1v) is 12.5. The maximum atomic E-state index is 9.25. The van der Waals surface area contributed by atoms with Crippen molar-refractivity contribution in [3.05, 3.63) is 65.0 Å². The molecule has 2 aromatic carbocycles. The van der Waals surface area contributed by atoms with Crippen molar-refractivity contribution >= 4 is 27.8 Å². The SMILES string of the molecule is CCOCc1nc2c(N)nc3cc(Cc4ccc(CCN)cc4)ccc3c2n1CC(C)(C)OCCO. The van der Waals surface area contributed by atoms with E-state index in [2.05, 4.69) is 47.0 Å². The molecule has 0 radical (unpaired) electrons. The molecule has 0 aliphatic carbocycles. The number of aromatic nitrogens is 3. The van der Waals surface area contributed by atoms with Crippen molar-refractivity contribution in [3.63, 3.8) is 0 Å². The Bertz CT molecular complexity index is 1310. The number of aliphatic hydroxyl groups excluding tert-OH is 1. The summed E-state index contributed by atoms with van der Waals surface area (Å²) in [5, 5.41) is 10.2. The molecule has 192 valence electrons. The molecular weight excluding hydrogens is 454 g/mol. The minimum atomic E-state index is -0.530. The zero-order valence-electron chi connectivity index (χ0n) is 21.5. The Morgan fingerprint density at radius 2 is 1.75 bits per heavy atom. The normalized spacial score (nSPS) is 12.1. The van der Waals surface area contributed by atoms with Crippen molar-refractivity contribution in [2.75, 3.05) is 32.1 Å². The van der Waals surface area contributed by atoms with Gasteiger partial charge in [-0.2, -0.15) is 0 Å². The second-order valence-corrected chi connectivity index (χ2v) is 9.66. The van der Waals surface area contributed by atoms with Gasteiger partial charge in [0, 0.05) is 12.0 Å². The van der Waals surface area contributed by atoms with E-state index in [0.29, 0.717) is 37.6 Å². The number of nitrogens with zero attached hydrogens (tertiary/aromatic N) is 3. The van der Waals surface area contributed by atoms with E-state index < -0.39 is 5.60 Å². The average Bonchev–Trinajstić information content (AvgIpc) is 3.21. The van der Waals surface area contributed by atoms with Gasteiger partial charge in [0.1, 0.15) is 17.9 Å². The fourth-order valence-electron chi connectivity index (χ4n) is 4.56. The van der Waals surface area contributed by atoms with E-state index in [1.54, 1.807) is 0 Å². The number of aliphatic hydroxyl groups is 1. The van der Waals surface area contributed by atoms with Crippen molar-refractivity contribution in [1.82, 2.24) is 14.5 Å². The molecule has 4 rings (SSSR count). The van der Waals surface area contributed by atoms with Gasteiger partial charge in [-0.3, -0.25) is 0 Å². The van der Waals surface area contributed by atoms with Crippen molar-refractivity contribution in [3.8, 4) is 0 Å². The topological polar surface area (TPSA) is 121 Å². The summed E-state index contributed by atoms with van der Waals surface area (Å²) in [6.07, 6.45) is 1.69. The number of pyridine rings is 1. The van der Waals surface area contributed by atoms with Gasteiger partial charge in [-0.1, -0.05) is 36.4 Å². The van der Waals surface area contributed by atoms with Gasteiger partial charge in [-0.05, 0) is 62.9 Å². The number of hydrogen-bond donors (Lipinski definition) is 3. The van der Waals surface area contributed by atoms with E-state index >= 15 is 0 Å². The zero-order chi connectivity index (χ0) is 25.7. The second kappa shape index (κ2) is 11.3. The molecule has 0 atom stereocenters. The van der Waals surface area contributed by atoms with Crippen LogP contribution in [0.4, 0.5) is 5.82 Å². The summed E-state index contributed by atoms with van der Waals surface area (Å²) in [5.41, 5.74) is 17.6. The molecule has 2 heterocycles. The Morgan fingerprint density at radius 3 is 2.44 bits per heavy atom. The molecule has 0 bridgehead atoms. The Labute approximate surface area is 212 Å². The second-order valence-electron chi connectivity index (χ2n) is 9.66. The van der Waals surface area contributed by atoms with Gasteiger partial charge in [0.15, 0.2) is 5.82 Å². The molecule has 0 aliphatic heterocycles. The third-order valence-electron chi connectivity index (χ3n) is 6.27. The first-order valence-electron chi connectivity index (χ1n) is 12.5. The standard InChI is InChI=1S/C28H37N5O3/c1-4-35-17-24-32-25-26(33(24)18-28(2,3)36-14-13-34)22-10-9-21(16-23(22)31-27(25)30)15-20-7-5-19(6-8-20)11-12-29/h5-10,16,34H,4,11-15,17-18,29H2,1-3H3,(H2,30,31). The van der Waals surface area contributed by atoms with Crippen LogP contribution in [0.25, 0.3) is 21.9 Å². The molecule has 0 amide bonds. The van der Waals surface area contributed by atoms with Gasteiger partial charge >= 0.3 is 0 Å². The van der Waals surface area contributed by atoms with E-state index in [1.165, 1.54) is 11.1 Å². The van der Waals surface area contributed by atoms with E-state index in [0.717, 1.165) is 40.6 Å². The van der Waals surface area contributed by atoms with Crippen LogP contribution in [0.1, 0.15) is 43.3 Å². The third kappa shape index (κ3) is 5.84. The largest absolute Gasteiger partial charge is 0.394 e. The van der Waals surface area contributed by atoms with E-state index in [-0.39, 0.29) is 13.2 Å². The fraction of sp³-hybridized carbons (Fsp3) is 0.429. The number of anilines is 1. The summed E-state index contributed by atoms with van der Waals surface area (Å²) in [6.45, 7) is 8.32. The molecule has 0 aliphatic rings. The highest BCUT2D eigenvalue weighted by atomic mass is 16.5. The lowest BCUT2D eigenvalue weighted by atomic mass is 10.0. The minimum absolute atomic E-state index is 0.0295. The Hall–Kier alpha value is -3.04. The number of rotatable bonds is 12. The third-order valence-corrected chi connectivity index (χ3v) is 6.27. The van der Waals surface area contributed by atoms with Crippen LogP contribution in [-0.2, 0) is 35.5 Å². The molecule has 8 heteroatoms. The van der Waals surface area contributed by atoms with Crippen LogP contribution in [0.2, 0.25) is 0 Å². The van der Waals surface area contributed by atoms with Gasteiger partial charge in [-0.15, -0.1) is 0 Å². The molecule has 0 saturated heterocycles. The van der Waals surface area contributed by atoms with Crippen molar-refractivity contribution < 1.29 is 14.6 Å². The van der Waals surface area contributed by atoms with Crippen LogP contribution in [0.15, 0.2) is 42.5 Å². The van der Waals surface area contributed by atoms with Crippen molar-refractivity contribution in [1.29, 1.82) is 0 Å². The molecule has 0 unspecified atom stereocenters. The number of ether oxygens (including phenoxy) is 2. The summed E-state index contributed by atoms with van der Waals surface area (Å²) in [7, 11) is 0. The smallest absolute Gasteiger partial charge is 0.152 e. The summed E-state index contributed by atoms with van der Waals surface area (Å²) in [5.74, 6) is 1.17. The van der Waals surface area contributed by atoms with Crippen molar-refractivity contribution in [2.45, 2.75) is 52.4 Å². The van der Waals surface area contributed by atoms with Crippen molar-refractivity contribution in [2.24, 2.45) is 5.73 Å². The van der Waals surface area contributed by atoms with Crippen LogP contribution >= 0.6 is 0 Å². The highest BCUT2D eigenvalue weighted by molar-refractivity contribution is 6.06. The lowest BCUT2D eigenvalue weighted by molar-refractivity contribution is -0.0437. The molecular formula is C28H37N5O3. The summed E-state index contributed by atoms with van der Waals surface area (Å²) in [4.78, 5) is 9.52. The number of fused-ring (bicyclic) bond motifs is 3. The van der Waals surface area contributed by atoms with Crippen LogP contribution < -0.4 is 11.5 Å². The molecule has 0 saturated carbocycles. The highest BCUT2D eigenvalue weighted by Crippen LogP contribution is 2.31. The summed E-state index contributed by atoms with van der Waals surface area (Å²) >= 11 is 0. The number of nitrogen functional groups attached to an aromatic ring is 1. The summed E-state index contributed by atoms with van der Waals surface area (Å²) in [6, 6.07) is 14.9. The average molecular weight is 492 g/mol. The number of benzene rings is 2. The van der Waals surface area contributed by atoms with E-state index in [4.69, 9.17) is 30.9 Å². The van der Waals surface area contributed by atoms with Gasteiger partial charge in [0.2, 0.25) is 0 Å². The van der Waals surface area contributed by atoms with E-state index in [9.17, 15) is 5.11 Å². The van der Waals surface area contributed by atoms with E-state index in [1.807, 2.05) is 20.8 Å². The van der Waals surface area contributed by atoms with Crippen LogP contribution in [0, 0.1) is 0 Å². The van der Waals surface area contributed by atoms with Gasteiger partial charge < -0.3 is 30.6 Å². The Balaban J connectivity index is 1.75. The Morgan fingerprint density at radius 1 is 1.03 bits per heavy atom. The predicted octanol–water partition coefficient (Wildman–Crippen LogP) is 3.58. The maximum Gasteiger partial charge on any atom is 0.152 e. The number of nitrogens with two attached hydrogens (primary N) is 2. The van der Waals surface area contributed by atoms with Gasteiger partial charge in [-0.25, -0.2) is 9.97 Å². The molecule has 4 aromatic rings. The quantitative estimate of drug-likeness (QED) is 0.277. The first-order chi connectivity index (χ1) is 17.3. The molecule has 2 aromatic heterocycles. The first kappa shape index (κ1) is 26.0. The number of imidazole rings is 1. The molecule has 36 heavy (non-hydrogen) atoms. The zero-order valence-corrected chi connectivity index (χ0v) is 21.5. The lowest BCUT2D eigenvalue weighted by Gasteiger charge is -2.27. The maximum absolute atomic E-state index is 9.25. The molecule has 8 nitrogen and oxygen atoms in total. The molecule has 0 spiro atoms. The predicted molar refractivity (Wildman–Crippen MR) is 144 cm³/mol. The molecule has 5 N–H and O–H groups in total. The molecule has 0 fully saturated rings. The van der Waals surface area contributed by atoms with Gasteiger partial charge in [0.25, 0.3) is 0 Å².